The Hall–Kier alpha value is -2.50. The zero-order valence-corrected chi connectivity index (χ0v) is 9.19. The lowest BCUT2D eigenvalue weighted by Gasteiger charge is -2.08. The highest BCUT2D eigenvalue weighted by atomic mass is 16.7. The molecule has 0 atom stereocenters. The van der Waals surface area contributed by atoms with E-state index in [2.05, 4.69) is 16.7 Å². The number of carbonyl (C=O) groups excluding carboxylic acids is 2. The first-order chi connectivity index (χ1) is 8.02. The van der Waals surface area contributed by atoms with E-state index in [1.54, 1.807) is 19.1 Å². The minimum absolute atomic E-state index is 0.0826. The monoisotopic (exact) mass is 236 g/mol. The van der Waals surface area contributed by atoms with Gasteiger partial charge in [-0.15, -0.1) is 0 Å². The Bertz CT molecular complexity index is 457. The van der Waals surface area contributed by atoms with Crippen LogP contribution < -0.4 is 10.8 Å². The smallest absolute Gasteiger partial charge is 0.355 e. The van der Waals surface area contributed by atoms with Crippen molar-refractivity contribution in [2.45, 2.75) is 6.92 Å². The first-order valence-corrected chi connectivity index (χ1v) is 4.73. The molecule has 90 valence electrons. The maximum absolute atomic E-state index is 11.3. The average molecular weight is 236 g/mol. The number of rotatable bonds is 2. The van der Waals surface area contributed by atoms with Gasteiger partial charge in [0, 0.05) is 6.08 Å². The highest BCUT2D eigenvalue weighted by Crippen LogP contribution is 2.23. The van der Waals surface area contributed by atoms with Crippen molar-refractivity contribution in [2.24, 2.45) is 0 Å². The third kappa shape index (κ3) is 3.86. The van der Waals surface area contributed by atoms with Crippen LogP contribution in [0.15, 0.2) is 30.9 Å². The molecule has 0 unspecified atom stereocenters. The first kappa shape index (κ1) is 12.6. The van der Waals surface area contributed by atoms with E-state index >= 15 is 0 Å². The third-order valence-corrected chi connectivity index (χ3v) is 1.81. The van der Waals surface area contributed by atoms with Crippen LogP contribution in [0.2, 0.25) is 0 Å². The van der Waals surface area contributed by atoms with E-state index in [-0.39, 0.29) is 11.4 Å². The van der Waals surface area contributed by atoms with Crippen LogP contribution in [0.1, 0.15) is 5.56 Å². The fourth-order valence-corrected chi connectivity index (χ4v) is 1.04. The second-order valence-electron chi connectivity index (χ2n) is 3.20. The Morgan fingerprint density at radius 2 is 2.18 bits per heavy atom. The molecule has 0 aromatic heterocycles. The van der Waals surface area contributed by atoms with Gasteiger partial charge >= 0.3 is 12.0 Å². The number of amides is 2. The standard InChI is InChI=1S/C11H12N2O4/c1-3-10(15)17-13-11(16)12-8-6-7(2)4-5-9(8)14/h3-6,14H,1H2,2H3,(H2,12,13,16). The van der Waals surface area contributed by atoms with Gasteiger partial charge in [0.1, 0.15) is 5.75 Å². The fourth-order valence-electron chi connectivity index (χ4n) is 1.04. The number of anilines is 1. The summed E-state index contributed by atoms with van der Waals surface area (Å²) >= 11 is 0. The van der Waals surface area contributed by atoms with E-state index in [0.717, 1.165) is 11.6 Å². The molecule has 3 N–H and O–H groups in total. The van der Waals surface area contributed by atoms with Crippen molar-refractivity contribution in [3.8, 4) is 5.75 Å². The predicted molar refractivity (Wildman–Crippen MR) is 61.3 cm³/mol. The van der Waals surface area contributed by atoms with Crippen LogP contribution in [0.25, 0.3) is 0 Å². The summed E-state index contributed by atoms with van der Waals surface area (Å²) in [6.45, 7) is 4.97. The van der Waals surface area contributed by atoms with E-state index in [4.69, 9.17) is 0 Å². The van der Waals surface area contributed by atoms with Crippen molar-refractivity contribution in [1.29, 1.82) is 0 Å². The molecule has 1 rings (SSSR count). The van der Waals surface area contributed by atoms with Crippen LogP contribution in [0.4, 0.5) is 10.5 Å². The molecule has 0 bridgehead atoms. The number of hydrogen-bond donors (Lipinski definition) is 3. The Morgan fingerprint density at radius 3 is 2.82 bits per heavy atom. The summed E-state index contributed by atoms with van der Waals surface area (Å²) in [5.41, 5.74) is 2.93. The van der Waals surface area contributed by atoms with Crippen molar-refractivity contribution in [3.05, 3.63) is 36.4 Å². The van der Waals surface area contributed by atoms with Crippen LogP contribution in [0.5, 0.6) is 5.75 Å². The quantitative estimate of drug-likeness (QED) is 0.412. The highest BCUT2D eigenvalue weighted by Gasteiger charge is 2.07. The van der Waals surface area contributed by atoms with Gasteiger partial charge < -0.3 is 15.3 Å². The number of carbonyl (C=O) groups is 2. The molecule has 6 heteroatoms. The third-order valence-electron chi connectivity index (χ3n) is 1.81. The van der Waals surface area contributed by atoms with Gasteiger partial charge in [0.05, 0.1) is 5.69 Å². The highest BCUT2D eigenvalue weighted by molar-refractivity contribution is 5.91. The number of nitrogens with one attached hydrogen (secondary N) is 2. The SMILES string of the molecule is C=CC(=O)ONC(=O)Nc1cc(C)ccc1O. The summed E-state index contributed by atoms with van der Waals surface area (Å²) in [4.78, 5) is 26.2. The Balaban J connectivity index is 2.59. The molecule has 0 aliphatic rings. The van der Waals surface area contributed by atoms with Crippen molar-refractivity contribution >= 4 is 17.7 Å². The van der Waals surface area contributed by atoms with E-state index in [1.165, 1.54) is 6.07 Å². The number of hydrogen-bond acceptors (Lipinski definition) is 4. The lowest BCUT2D eigenvalue weighted by atomic mass is 10.2. The van der Waals surface area contributed by atoms with Gasteiger partial charge in [-0.2, -0.15) is 5.48 Å². The second kappa shape index (κ2) is 5.55. The van der Waals surface area contributed by atoms with Crippen molar-refractivity contribution < 1.29 is 19.5 Å². The molecule has 0 aliphatic carbocycles. The molecule has 0 aliphatic heterocycles. The number of urea groups is 1. The molecule has 2 amide bonds. The van der Waals surface area contributed by atoms with Crippen LogP contribution in [-0.2, 0) is 9.63 Å². The molecule has 0 saturated carbocycles. The van der Waals surface area contributed by atoms with Crippen molar-refractivity contribution in [3.63, 3.8) is 0 Å². The number of hydroxylamine groups is 1. The van der Waals surface area contributed by atoms with Gasteiger partial charge in [0.15, 0.2) is 0 Å². The Morgan fingerprint density at radius 1 is 1.47 bits per heavy atom. The van der Waals surface area contributed by atoms with E-state index in [1.807, 2.05) is 5.48 Å². The molecule has 0 saturated heterocycles. The van der Waals surface area contributed by atoms with Crippen molar-refractivity contribution in [2.75, 3.05) is 5.32 Å². The van der Waals surface area contributed by atoms with Gasteiger partial charge in [-0.1, -0.05) is 12.6 Å². The van der Waals surface area contributed by atoms with E-state index in [0.29, 0.717) is 0 Å². The Kier molecular flexibility index (Phi) is 4.10. The van der Waals surface area contributed by atoms with Crippen LogP contribution >= 0.6 is 0 Å². The van der Waals surface area contributed by atoms with Gasteiger partial charge in [0.2, 0.25) is 0 Å². The van der Waals surface area contributed by atoms with Crippen LogP contribution in [0, 0.1) is 6.92 Å². The largest absolute Gasteiger partial charge is 0.506 e. The van der Waals surface area contributed by atoms with Gasteiger partial charge in [0.25, 0.3) is 0 Å². The summed E-state index contributed by atoms with van der Waals surface area (Å²) < 4.78 is 0. The molecule has 6 nitrogen and oxygen atoms in total. The maximum atomic E-state index is 11.3. The maximum Gasteiger partial charge on any atom is 0.355 e. The van der Waals surface area contributed by atoms with Gasteiger partial charge in [-0.05, 0) is 24.6 Å². The fraction of sp³-hybridized carbons (Fsp3) is 0.0909. The molecule has 0 heterocycles. The normalized spacial score (nSPS) is 9.24. The average Bonchev–Trinajstić information content (AvgIpc) is 2.30. The molecule has 0 radical (unpaired) electrons. The van der Waals surface area contributed by atoms with Crippen LogP contribution in [-0.4, -0.2) is 17.1 Å². The Labute approximate surface area is 97.9 Å². The number of phenols is 1. The minimum Gasteiger partial charge on any atom is -0.506 e. The molecule has 17 heavy (non-hydrogen) atoms. The van der Waals surface area contributed by atoms with Crippen molar-refractivity contribution in [1.82, 2.24) is 5.48 Å². The molecular formula is C11H12N2O4. The summed E-state index contributed by atoms with van der Waals surface area (Å²) in [6, 6.07) is 3.93. The summed E-state index contributed by atoms with van der Waals surface area (Å²) in [6.07, 6.45) is 0.907. The molecule has 0 fully saturated rings. The molecule has 0 spiro atoms. The number of aryl methyl sites for hydroxylation is 1. The zero-order valence-electron chi connectivity index (χ0n) is 9.19. The lowest BCUT2D eigenvalue weighted by molar-refractivity contribution is -0.142. The van der Waals surface area contributed by atoms with Gasteiger partial charge in [-0.3, -0.25) is 0 Å². The van der Waals surface area contributed by atoms with E-state index < -0.39 is 12.0 Å². The summed E-state index contributed by atoms with van der Waals surface area (Å²) in [7, 11) is 0. The van der Waals surface area contributed by atoms with E-state index in [9.17, 15) is 14.7 Å². The number of aromatic hydroxyl groups is 1. The second-order valence-corrected chi connectivity index (χ2v) is 3.20. The molecule has 1 aromatic rings. The molecular weight excluding hydrogens is 224 g/mol. The zero-order chi connectivity index (χ0) is 12.8. The van der Waals surface area contributed by atoms with Gasteiger partial charge in [-0.25, -0.2) is 9.59 Å². The summed E-state index contributed by atoms with van der Waals surface area (Å²) in [5.74, 6) is -0.866. The van der Waals surface area contributed by atoms with Crippen LogP contribution in [0.3, 0.4) is 0 Å². The lowest BCUT2D eigenvalue weighted by Crippen LogP contribution is -2.30. The number of benzene rings is 1. The predicted octanol–water partition coefficient (Wildman–Crippen LogP) is 1.47. The number of phenolic OH excluding ortho intramolecular Hbond substituents is 1. The topological polar surface area (TPSA) is 87.7 Å². The minimum atomic E-state index is -0.784. The summed E-state index contributed by atoms with van der Waals surface area (Å²) in [5, 5.41) is 11.8. The first-order valence-electron chi connectivity index (χ1n) is 4.73. The molecule has 1 aromatic carbocycles.